The first-order chi connectivity index (χ1) is 13.3. The number of carbonyl (C=O) groups excluding carboxylic acids is 1. The monoisotopic (exact) mass is 409 g/mol. The van der Waals surface area contributed by atoms with Crippen LogP contribution in [0.3, 0.4) is 0 Å². The number of sulfonamides is 1. The molecule has 1 N–H and O–H groups in total. The molecular weight excluding hydrogens is 378 g/mol. The maximum absolute atomic E-state index is 12.9. The van der Waals surface area contributed by atoms with Gasteiger partial charge in [-0.3, -0.25) is 4.79 Å². The Morgan fingerprint density at radius 1 is 1.21 bits per heavy atom. The zero-order chi connectivity index (χ0) is 19.9. The van der Waals surface area contributed by atoms with Gasteiger partial charge in [-0.1, -0.05) is 18.5 Å². The maximum Gasteiger partial charge on any atom is 0.273 e. The number of hydrogen-bond donors (Lipinski definition) is 1. The largest absolute Gasteiger partial charge is 0.360 e. The number of hydrogen-bond acceptors (Lipinski definition) is 5. The van der Waals surface area contributed by atoms with Crippen LogP contribution in [0.5, 0.6) is 0 Å². The van der Waals surface area contributed by atoms with E-state index in [0.29, 0.717) is 36.9 Å². The summed E-state index contributed by atoms with van der Waals surface area (Å²) in [6, 6.07) is 1.59. The van der Waals surface area contributed by atoms with Crippen LogP contribution in [0.1, 0.15) is 81.0 Å². The summed E-state index contributed by atoms with van der Waals surface area (Å²) in [7, 11) is -3.25. The first-order valence-corrected chi connectivity index (χ1v) is 12.2. The van der Waals surface area contributed by atoms with Crippen molar-refractivity contribution in [1.29, 1.82) is 0 Å². The fourth-order valence-corrected chi connectivity index (χ4v) is 6.89. The minimum absolute atomic E-state index is 0.0403. The lowest BCUT2D eigenvalue weighted by atomic mass is 10.0. The molecule has 7 nitrogen and oxygen atoms in total. The molecule has 2 saturated carbocycles. The van der Waals surface area contributed by atoms with Crippen LogP contribution < -0.4 is 5.32 Å². The van der Waals surface area contributed by atoms with Gasteiger partial charge in [-0.2, -0.15) is 4.31 Å². The lowest BCUT2D eigenvalue weighted by Gasteiger charge is -2.37. The van der Waals surface area contributed by atoms with Gasteiger partial charge in [0.1, 0.15) is 5.76 Å². The molecular formula is C20H31N3O4S. The van der Waals surface area contributed by atoms with Crippen molar-refractivity contribution in [2.24, 2.45) is 11.8 Å². The van der Waals surface area contributed by atoms with Crippen molar-refractivity contribution < 1.29 is 17.7 Å². The summed E-state index contributed by atoms with van der Waals surface area (Å²) in [5.74, 6) is 2.17. The zero-order valence-corrected chi connectivity index (χ0v) is 17.6. The first kappa shape index (κ1) is 19.9. The fraction of sp³-hybridized carbons (Fsp3) is 0.800. The van der Waals surface area contributed by atoms with E-state index in [1.54, 1.807) is 10.4 Å². The number of piperidine rings is 1. The van der Waals surface area contributed by atoms with Gasteiger partial charge in [-0.15, -0.1) is 0 Å². The Morgan fingerprint density at radius 3 is 2.64 bits per heavy atom. The van der Waals surface area contributed by atoms with E-state index >= 15 is 0 Å². The van der Waals surface area contributed by atoms with Gasteiger partial charge in [0, 0.05) is 30.6 Å². The van der Waals surface area contributed by atoms with E-state index in [1.165, 1.54) is 0 Å². The quantitative estimate of drug-likeness (QED) is 0.780. The smallest absolute Gasteiger partial charge is 0.273 e. The molecule has 2 aliphatic carbocycles. The molecule has 4 rings (SSSR count). The molecule has 4 atom stereocenters. The summed E-state index contributed by atoms with van der Waals surface area (Å²) >= 11 is 0. The highest BCUT2D eigenvalue weighted by Crippen LogP contribution is 2.40. The summed E-state index contributed by atoms with van der Waals surface area (Å²) < 4.78 is 32.7. The van der Waals surface area contributed by atoms with Crippen molar-refractivity contribution in [3.63, 3.8) is 0 Å². The molecule has 156 valence electrons. The van der Waals surface area contributed by atoms with Crippen LogP contribution in [-0.4, -0.2) is 48.2 Å². The highest BCUT2D eigenvalue weighted by molar-refractivity contribution is 7.89. The summed E-state index contributed by atoms with van der Waals surface area (Å²) in [4.78, 5) is 12.4. The number of nitrogens with zero attached hydrogens (tertiary/aromatic N) is 2. The third-order valence-electron chi connectivity index (χ3n) is 6.50. The Morgan fingerprint density at radius 2 is 2.00 bits per heavy atom. The highest BCUT2D eigenvalue weighted by atomic mass is 32.2. The van der Waals surface area contributed by atoms with Gasteiger partial charge >= 0.3 is 0 Å². The standard InChI is InChI=1S/C20H31N3O4S/c1-13-3-4-15(9-13)12-28(25,26)23-8-7-17(10-14(23)2)21-20(24)18-11-19(27-22-18)16-5-6-16/h11,13-17H,3-10,12H2,1-2H3,(H,21,24)/t13-,14+,15-,17+/m1/s1. The van der Waals surface area contributed by atoms with Crippen LogP contribution in [0.15, 0.2) is 10.6 Å². The molecule has 0 unspecified atom stereocenters. The molecule has 1 aromatic heterocycles. The average Bonchev–Trinajstić information content (AvgIpc) is 3.21. The molecule has 28 heavy (non-hydrogen) atoms. The van der Waals surface area contributed by atoms with Crippen LogP contribution in [0.2, 0.25) is 0 Å². The lowest BCUT2D eigenvalue weighted by Crippen LogP contribution is -2.51. The number of carbonyl (C=O) groups is 1. The molecule has 3 aliphatic rings. The molecule has 1 aromatic rings. The van der Waals surface area contributed by atoms with Gasteiger partial charge in [0.05, 0.1) is 5.75 Å². The summed E-state index contributed by atoms with van der Waals surface area (Å²) in [6.45, 7) is 4.60. The van der Waals surface area contributed by atoms with Crippen LogP contribution >= 0.6 is 0 Å². The second-order valence-corrected chi connectivity index (χ2v) is 11.1. The van der Waals surface area contributed by atoms with E-state index in [4.69, 9.17) is 4.52 Å². The molecule has 0 bridgehead atoms. The molecule has 8 heteroatoms. The molecule has 3 fully saturated rings. The summed E-state index contributed by atoms with van der Waals surface area (Å²) in [5, 5.41) is 6.89. The lowest BCUT2D eigenvalue weighted by molar-refractivity contribution is 0.0905. The predicted molar refractivity (Wildman–Crippen MR) is 105 cm³/mol. The Hall–Kier alpha value is -1.41. The predicted octanol–water partition coefficient (Wildman–Crippen LogP) is 2.90. The molecule has 1 saturated heterocycles. The third kappa shape index (κ3) is 4.43. The molecule has 0 radical (unpaired) electrons. The number of amides is 1. The van der Waals surface area contributed by atoms with Gasteiger partial charge in [-0.25, -0.2) is 8.42 Å². The Bertz CT molecular complexity index is 817. The SMILES string of the molecule is C[C@@H]1CC[C@@H](CS(=O)(=O)N2CC[C@H](NC(=O)c3cc(C4CC4)on3)C[C@@H]2C)C1. The third-order valence-corrected chi connectivity index (χ3v) is 8.65. The van der Waals surface area contributed by atoms with E-state index in [9.17, 15) is 13.2 Å². The van der Waals surface area contributed by atoms with E-state index in [0.717, 1.165) is 37.9 Å². The van der Waals surface area contributed by atoms with Gasteiger partial charge < -0.3 is 9.84 Å². The molecule has 2 heterocycles. The van der Waals surface area contributed by atoms with Gasteiger partial charge in [-0.05, 0) is 57.3 Å². The first-order valence-electron chi connectivity index (χ1n) is 10.6. The number of nitrogens with one attached hydrogen (secondary N) is 1. The second kappa shape index (κ2) is 7.78. The molecule has 1 aliphatic heterocycles. The normalized spacial score (nSPS) is 31.8. The van der Waals surface area contributed by atoms with Crippen molar-refractivity contribution in [3.8, 4) is 0 Å². The Labute approximate surface area is 167 Å². The summed E-state index contributed by atoms with van der Waals surface area (Å²) in [5.41, 5.74) is 0.319. The van der Waals surface area contributed by atoms with Crippen molar-refractivity contribution in [2.45, 2.75) is 76.8 Å². The van der Waals surface area contributed by atoms with Gasteiger partial charge in [0.25, 0.3) is 5.91 Å². The van der Waals surface area contributed by atoms with Crippen LogP contribution in [-0.2, 0) is 10.0 Å². The van der Waals surface area contributed by atoms with E-state index in [1.807, 2.05) is 6.92 Å². The van der Waals surface area contributed by atoms with Crippen molar-refractivity contribution >= 4 is 15.9 Å². The molecule has 0 aromatic carbocycles. The molecule has 0 spiro atoms. The topological polar surface area (TPSA) is 92.5 Å². The van der Waals surface area contributed by atoms with E-state index < -0.39 is 10.0 Å². The van der Waals surface area contributed by atoms with E-state index in [-0.39, 0.29) is 29.7 Å². The maximum atomic E-state index is 12.9. The number of aromatic nitrogens is 1. The zero-order valence-electron chi connectivity index (χ0n) is 16.8. The summed E-state index contributed by atoms with van der Waals surface area (Å²) in [6.07, 6.45) is 6.61. The van der Waals surface area contributed by atoms with Crippen molar-refractivity contribution in [3.05, 3.63) is 17.5 Å². The Kier molecular flexibility index (Phi) is 5.53. The fourth-order valence-electron chi connectivity index (χ4n) is 4.78. The highest BCUT2D eigenvalue weighted by Gasteiger charge is 2.37. The minimum Gasteiger partial charge on any atom is -0.360 e. The van der Waals surface area contributed by atoms with E-state index in [2.05, 4.69) is 17.4 Å². The number of rotatable bonds is 6. The molecule has 1 amide bonds. The average molecular weight is 410 g/mol. The van der Waals surface area contributed by atoms with Gasteiger partial charge in [0.15, 0.2) is 5.69 Å². The second-order valence-electron chi connectivity index (χ2n) is 9.11. The minimum atomic E-state index is -3.25. The van der Waals surface area contributed by atoms with Crippen LogP contribution in [0.25, 0.3) is 0 Å². The van der Waals surface area contributed by atoms with Crippen molar-refractivity contribution in [1.82, 2.24) is 14.8 Å². The van der Waals surface area contributed by atoms with Crippen LogP contribution in [0, 0.1) is 11.8 Å². The Balaban J connectivity index is 1.31. The van der Waals surface area contributed by atoms with Crippen LogP contribution in [0.4, 0.5) is 0 Å². The van der Waals surface area contributed by atoms with Crippen molar-refractivity contribution in [2.75, 3.05) is 12.3 Å². The van der Waals surface area contributed by atoms with Gasteiger partial charge in [0.2, 0.25) is 10.0 Å².